The number of ether oxygens (including phenoxy) is 1. The van der Waals surface area contributed by atoms with Gasteiger partial charge in [0.05, 0.1) is 18.7 Å². The van der Waals surface area contributed by atoms with Crippen LogP contribution in [0.1, 0.15) is 28.2 Å². The molecule has 1 saturated heterocycles. The van der Waals surface area contributed by atoms with E-state index in [0.29, 0.717) is 31.4 Å². The number of fused-ring (bicyclic) bond motifs is 1. The number of aromatic nitrogens is 2. The van der Waals surface area contributed by atoms with Crippen molar-refractivity contribution in [2.75, 3.05) is 19.7 Å². The lowest BCUT2D eigenvalue weighted by atomic mass is 10.1. The monoisotopic (exact) mass is 329 g/mol. The average Bonchev–Trinajstić information content (AvgIpc) is 3.20. The smallest absolute Gasteiger partial charge is 0.255 e. The lowest BCUT2D eigenvalue weighted by Crippen LogP contribution is -2.42. The van der Waals surface area contributed by atoms with Crippen molar-refractivity contribution in [2.24, 2.45) is 0 Å². The summed E-state index contributed by atoms with van der Waals surface area (Å²) in [6.45, 7) is 3.20. The van der Waals surface area contributed by atoms with E-state index in [2.05, 4.69) is 10.1 Å². The predicted octanol–water partition coefficient (Wildman–Crippen LogP) is 2.81. The Morgan fingerprint density at radius 3 is 3.09 bits per heavy atom. The fourth-order valence-electron chi connectivity index (χ4n) is 2.75. The molecule has 3 heterocycles. The van der Waals surface area contributed by atoms with Crippen LogP contribution in [-0.4, -0.2) is 40.6 Å². The standard InChI is InChI=1S/C16H15N3O3S/c1-10-17-15(18-22-10)13-8-19(6-7-21-13)16(20)12-9-23-14-5-3-2-4-11(12)14/h2-5,9,13H,6-8H2,1H3/t13-/m0/s1. The summed E-state index contributed by atoms with van der Waals surface area (Å²) in [5.41, 5.74) is 0.746. The van der Waals surface area contributed by atoms with E-state index < -0.39 is 0 Å². The van der Waals surface area contributed by atoms with Gasteiger partial charge in [-0.3, -0.25) is 4.79 Å². The number of thiophene rings is 1. The Hall–Kier alpha value is -2.25. The molecule has 0 spiro atoms. The van der Waals surface area contributed by atoms with Gasteiger partial charge in [0, 0.05) is 28.9 Å². The third-order valence-corrected chi connectivity index (χ3v) is 4.86. The normalized spacial score (nSPS) is 18.5. The molecule has 6 nitrogen and oxygen atoms in total. The minimum Gasteiger partial charge on any atom is -0.366 e. The molecule has 0 N–H and O–H groups in total. The van der Waals surface area contributed by atoms with Crippen molar-refractivity contribution < 1.29 is 14.1 Å². The van der Waals surface area contributed by atoms with E-state index in [1.165, 1.54) is 0 Å². The fourth-order valence-corrected chi connectivity index (χ4v) is 3.68. The third-order valence-electron chi connectivity index (χ3n) is 3.90. The minimum atomic E-state index is -0.338. The number of hydrogen-bond donors (Lipinski definition) is 0. The molecule has 1 aromatic carbocycles. The SMILES string of the molecule is Cc1nc([C@@H]2CN(C(=O)c3csc4ccccc34)CCO2)no1. The molecule has 4 rings (SSSR count). The summed E-state index contributed by atoms with van der Waals surface area (Å²) in [4.78, 5) is 18.9. The number of aryl methyl sites for hydroxylation is 1. The Bertz CT molecular complexity index is 857. The highest BCUT2D eigenvalue weighted by atomic mass is 32.1. The van der Waals surface area contributed by atoms with Gasteiger partial charge in [-0.2, -0.15) is 4.98 Å². The Labute approximate surface area is 136 Å². The van der Waals surface area contributed by atoms with E-state index in [0.717, 1.165) is 15.6 Å². The molecule has 1 fully saturated rings. The van der Waals surface area contributed by atoms with Gasteiger partial charge in [0.25, 0.3) is 5.91 Å². The van der Waals surface area contributed by atoms with E-state index in [4.69, 9.17) is 9.26 Å². The summed E-state index contributed by atoms with van der Waals surface area (Å²) in [7, 11) is 0. The van der Waals surface area contributed by atoms with Gasteiger partial charge in [-0.15, -0.1) is 11.3 Å². The summed E-state index contributed by atoms with van der Waals surface area (Å²) < 4.78 is 11.8. The second-order valence-corrected chi connectivity index (χ2v) is 6.34. The number of morpholine rings is 1. The second-order valence-electron chi connectivity index (χ2n) is 5.43. The van der Waals surface area contributed by atoms with Gasteiger partial charge in [-0.05, 0) is 6.07 Å². The molecule has 0 saturated carbocycles. The highest BCUT2D eigenvalue weighted by Gasteiger charge is 2.29. The van der Waals surface area contributed by atoms with Crippen LogP contribution in [0.25, 0.3) is 10.1 Å². The molecular formula is C16H15N3O3S. The van der Waals surface area contributed by atoms with Crippen molar-refractivity contribution in [3.05, 3.63) is 46.9 Å². The zero-order chi connectivity index (χ0) is 15.8. The van der Waals surface area contributed by atoms with Gasteiger partial charge in [0.2, 0.25) is 11.7 Å². The maximum absolute atomic E-state index is 12.9. The first kappa shape index (κ1) is 14.3. The first-order chi connectivity index (χ1) is 11.2. The Morgan fingerprint density at radius 2 is 2.26 bits per heavy atom. The summed E-state index contributed by atoms with van der Waals surface area (Å²) >= 11 is 1.59. The van der Waals surface area contributed by atoms with Gasteiger partial charge >= 0.3 is 0 Å². The van der Waals surface area contributed by atoms with Crippen LogP contribution in [0.15, 0.2) is 34.2 Å². The highest BCUT2D eigenvalue weighted by Crippen LogP contribution is 2.28. The average molecular weight is 329 g/mol. The molecule has 0 aliphatic carbocycles. The van der Waals surface area contributed by atoms with Crippen molar-refractivity contribution in [1.29, 1.82) is 0 Å². The molecule has 1 aliphatic rings. The van der Waals surface area contributed by atoms with Crippen molar-refractivity contribution in [1.82, 2.24) is 15.0 Å². The zero-order valence-corrected chi connectivity index (χ0v) is 13.4. The van der Waals surface area contributed by atoms with Gasteiger partial charge in [0.15, 0.2) is 0 Å². The lowest BCUT2D eigenvalue weighted by molar-refractivity contribution is -0.0275. The Morgan fingerprint density at radius 1 is 1.39 bits per heavy atom. The highest BCUT2D eigenvalue weighted by molar-refractivity contribution is 7.17. The van der Waals surface area contributed by atoms with Gasteiger partial charge < -0.3 is 14.2 Å². The fraction of sp³-hybridized carbons (Fsp3) is 0.312. The number of rotatable bonds is 2. The molecule has 0 radical (unpaired) electrons. The molecule has 3 aromatic rings. The Balaban J connectivity index is 1.58. The first-order valence-corrected chi connectivity index (χ1v) is 8.27. The van der Waals surface area contributed by atoms with Crippen LogP contribution < -0.4 is 0 Å². The van der Waals surface area contributed by atoms with E-state index in [1.54, 1.807) is 23.2 Å². The van der Waals surface area contributed by atoms with Crippen LogP contribution >= 0.6 is 11.3 Å². The summed E-state index contributed by atoms with van der Waals surface area (Å²) in [6.07, 6.45) is -0.338. The van der Waals surface area contributed by atoms with Crippen LogP contribution in [0.3, 0.4) is 0 Å². The predicted molar refractivity (Wildman–Crippen MR) is 85.5 cm³/mol. The van der Waals surface area contributed by atoms with E-state index in [9.17, 15) is 4.79 Å². The number of carbonyl (C=O) groups is 1. The van der Waals surface area contributed by atoms with Crippen LogP contribution in [0.4, 0.5) is 0 Å². The minimum absolute atomic E-state index is 0.0240. The number of nitrogens with zero attached hydrogens (tertiary/aromatic N) is 3. The van der Waals surface area contributed by atoms with Crippen LogP contribution in [-0.2, 0) is 4.74 Å². The third kappa shape index (κ3) is 2.62. The first-order valence-electron chi connectivity index (χ1n) is 7.39. The number of carbonyl (C=O) groups excluding carboxylic acids is 1. The molecular weight excluding hydrogens is 314 g/mol. The van der Waals surface area contributed by atoms with E-state index >= 15 is 0 Å². The van der Waals surface area contributed by atoms with Crippen LogP contribution in [0, 0.1) is 6.92 Å². The maximum Gasteiger partial charge on any atom is 0.255 e. The van der Waals surface area contributed by atoms with E-state index in [-0.39, 0.29) is 12.0 Å². The van der Waals surface area contributed by atoms with Gasteiger partial charge in [-0.1, -0.05) is 23.4 Å². The molecule has 0 bridgehead atoms. The molecule has 1 atom stereocenters. The maximum atomic E-state index is 12.9. The van der Waals surface area contributed by atoms with Gasteiger partial charge in [0.1, 0.15) is 6.10 Å². The summed E-state index contributed by atoms with van der Waals surface area (Å²) in [5.74, 6) is 1.02. The van der Waals surface area contributed by atoms with Crippen molar-refractivity contribution in [3.63, 3.8) is 0 Å². The molecule has 0 unspecified atom stereocenters. The number of hydrogen-bond acceptors (Lipinski definition) is 6. The zero-order valence-electron chi connectivity index (χ0n) is 12.6. The summed E-state index contributed by atoms with van der Waals surface area (Å²) in [5, 5.41) is 6.83. The molecule has 1 aliphatic heterocycles. The summed E-state index contributed by atoms with van der Waals surface area (Å²) in [6, 6.07) is 7.95. The van der Waals surface area contributed by atoms with Crippen molar-refractivity contribution >= 4 is 27.3 Å². The van der Waals surface area contributed by atoms with Crippen LogP contribution in [0.2, 0.25) is 0 Å². The van der Waals surface area contributed by atoms with Crippen LogP contribution in [0.5, 0.6) is 0 Å². The topological polar surface area (TPSA) is 68.5 Å². The number of amides is 1. The Kier molecular flexibility index (Phi) is 3.59. The quantitative estimate of drug-likeness (QED) is 0.723. The van der Waals surface area contributed by atoms with Gasteiger partial charge in [-0.25, -0.2) is 0 Å². The van der Waals surface area contributed by atoms with Crippen molar-refractivity contribution in [3.8, 4) is 0 Å². The molecule has 1 amide bonds. The molecule has 23 heavy (non-hydrogen) atoms. The molecule has 2 aromatic heterocycles. The largest absolute Gasteiger partial charge is 0.366 e. The van der Waals surface area contributed by atoms with E-state index in [1.807, 2.05) is 29.6 Å². The molecule has 118 valence electrons. The molecule has 7 heteroatoms. The number of benzene rings is 1. The van der Waals surface area contributed by atoms with Crippen molar-refractivity contribution in [2.45, 2.75) is 13.0 Å². The second kappa shape index (κ2) is 5.75. The lowest BCUT2D eigenvalue weighted by Gasteiger charge is -2.31.